The highest BCUT2D eigenvalue weighted by Crippen LogP contribution is 2.27. The fourth-order valence-electron chi connectivity index (χ4n) is 2.73. The van der Waals surface area contributed by atoms with Crippen LogP contribution in [0.25, 0.3) is 0 Å². The second kappa shape index (κ2) is 5.89. The fourth-order valence-corrected chi connectivity index (χ4v) is 4.86. The maximum Gasteiger partial charge on any atom is 0.255 e. The Labute approximate surface area is 133 Å². The predicted octanol–water partition coefficient (Wildman–Crippen LogP) is 1.82. The van der Waals surface area contributed by atoms with Gasteiger partial charge in [-0.3, -0.25) is 4.79 Å². The molecule has 1 atom stereocenters. The molecule has 3 rings (SSSR count). The lowest BCUT2D eigenvalue weighted by Gasteiger charge is -2.23. The van der Waals surface area contributed by atoms with Crippen LogP contribution < -0.4 is 5.56 Å². The van der Waals surface area contributed by atoms with Gasteiger partial charge in [0.1, 0.15) is 0 Å². The van der Waals surface area contributed by atoms with E-state index in [2.05, 4.69) is 9.97 Å². The third kappa shape index (κ3) is 2.70. The summed E-state index contributed by atoms with van der Waals surface area (Å²) >= 11 is 1.37. The van der Waals surface area contributed by atoms with Crippen molar-refractivity contribution in [3.63, 3.8) is 0 Å². The lowest BCUT2D eigenvalue weighted by Crippen LogP contribution is -2.33. The molecule has 0 bridgehead atoms. The summed E-state index contributed by atoms with van der Waals surface area (Å²) in [6, 6.07) is 8.41. The van der Waals surface area contributed by atoms with Gasteiger partial charge in [-0.25, -0.2) is 13.4 Å². The molecule has 22 heavy (non-hydrogen) atoms. The highest BCUT2D eigenvalue weighted by molar-refractivity contribution is 7.98. The number of sulfone groups is 1. The number of aromatic nitrogens is 2. The van der Waals surface area contributed by atoms with Crippen molar-refractivity contribution >= 4 is 21.6 Å². The molecule has 1 aliphatic rings. The quantitative estimate of drug-likeness (QED) is 0.683. The molecule has 0 aliphatic heterocycles. The molecule has 0 saturated heterocycles. The summed E-state index contributed by atoms with van der Waals surface area (Å²) in [5, 5.41) is 0.0125. The lowest BCUT2D eigenvalue weighted by atomic mass is 9.97. The molecule has 0 radical (unpaired) electrons. The first-order valence-electron chi connectivity index (χ1n) is 6.97. The first kappa shape index (κ1) is 15.3. The number of hydrogen-bond acceptors (Lipinski definition) is 5. The van der Waals surface area contributed by atoms with Crippen LogP contribution in [0.1, 0.15) is 17.7 Å². The zero-order chi connectivity index (χ0) is 15.7. The monoisotopic (exact) mass is 336 g/mol. The minimum atomic E-state index is -3.42. The number of H-pyrrole nitrogens is 1. The molecule has 116 valence electrons. The van der Waals surface area contributed by atoms with Gasteiger partial charge in [-0.2, -0.15) is 0 Å². The molecule has 2 aromatic rings. The van der Waals surface area contributed by atoms with Crippen molar-refractivity contribution in [2.24, 2.45) is 0 Å². The molecule has 1 aliphatic carbocycles. The molecule has 0 saturated carbocycles. The number of thioether (sulfide) groups is 1. The van der Waals surface area contributed by atoms with E-state index < -0.39 is 15.1 Å². The average molecular weight is 336 g/mol. The van der Waals surface area contributed by atoms with Gasteiger partial charge in [0.05, 0.1) is 15.8 Å². The maximum absolute atomic E-state index is 12.7. The van der Waals surface area contributed by atoms with Crippen molar-refractivity contribution in [3.05, 3.63) is 51.9 Å². The normalized spacial score (nSPS) is 18.0. The van der Waals surface area contributed by atoms with E-state index in [1.807, 2.05) is 6.26 Å². The van der Waals surface area contributed by atoms with Crippen LogP contribution in [-0.4, -0.2) is 29.9 Å². The molecule has 1 aromatic heterocycles. The SMILES string of the molecule is CSc1nc2c(c(=O)[nH]1)CC(S(=O)(=O)c1ccccc1)CC2. The topological polar surface area (TPSA) is 79.9 Å². The Morgan fingerprint density at radius 2 is 2.00 bits per heavy atom. The van der Waals surface area contributed by atoms with Gasteiger partial charge < -0.3 is 4.98 Å². The summed E-state index contributed by atoms with van der Waals surface area (Å²) in [7, 11) is -3.42. The van der Waals surface area contributed by atoms with E-state index in [1.165, 1.54) is 11.8 Å². The first-order chi connectivity index (χ1) is 10.5. The van der Waals surface area contributed by atoms with Gasteiger partial charge in [0.15, 0.2) is 15.0 Å². The summed E-state index contributed by atoms with van der Waals surface area (Å²) in [5.41, 5.74) is 1.02. The Balaban J connectivity index is 1.97. The van der Waals surface area contributed by atoms with E-state index in [9.17, 15) is 13.2 Å². The van der Waals surface area contributed by atoms with Gasteiger partial charge in [0, 0.05) is 5.56 Å². The van der Waals surface area contributed by atoms with Crippen LogP contribution in [0.5, 0.6) is 0 Å². The highest BCUT2D eigenvalue weighted by Gasteiger charge is 2.33. The van der Waals surface area contributed by atoms with Crippen molar-refractivity contribution in [2.75, 3.05) is 6.26 Å². The van der Waals surface area contributed by atoms with E-state index in [-0.39, 0.29) is 12.0 Å². The lowest BCUT2D eigenvalue weighted by molar-refractivity contribution is 0.555. The molecule has 1 aromatic carbocycles. The minimum Gasteiger partial charge on any atom is -0.301 e. The van der Waals surface area contributed by atoms with E-state index in [4.69, 9.17) is 0 Å². The van der Waals surface area contributed by atoms with Crippen LogP contribution in [0.3, 0.4) is 0 Å². The van der Waals surface area contributed by atoms with Crippen LogP contribution in [0, 0.1) is 0 Å². The number of aromatic amines is 1. The van der Waals surface area contributed by atoms with Crippen LogP contribution in [0.4, 0.5) is 0 Å². The van der Waals surface area contributed by atoms with Crippen molar-refractivity contribution in [1.82, 2.24) is 9.97 Å². The summed E-state index contributed by atoms with van der Waals surface area (Å²) in [6.45, 7) is 0. The number of nitrogens with zero attached hydrogens (tertiary/aromatic N) is 1. The molecule has 5 nitrogen and oxygen atoms in total. The summed E-state index contributed by atoms with van der Waals surface area (Å²) < 4.78 is 25.4. The van der Waals surface area contributed by atoms with Gasteiger partial charge in [0.25, 0.3) is 5.56 Å². The third-order valence-electron chi connectivity index (χ3n) is 3.92. The van der Waals surface area contributed by atoms with E-state index in [1.54, 1.807) is 30.3 Å². The van der Waals surface area contributed by atoms with Crippen molar-refractivity contribution in [1.29, 1.82) is 0 Å². The average Bonchev–Trinajstić information content (AvgIpc) is 2.55. The Hall–Kier alpha value is -1.60. The fraction of sp³-hybridized carbons (Fsp3) is 0.333. The Morgan fingerprint density at radius 3 is 2.68 bits per heavy atom. The molecular formula is C15H16N2O3S2. The smallest absolute Gasteiger partial charge is 0.255 e. The second-order valence-electron chi connectivity index (χ2n) is 5.22. The number of rotatable bonds is 3. The molecular weight excluding hydrogens is 320 g/mol. The Kier molecular flexibility index (Phi) is 4.10. The van der Waals surface area contributed by atoms with Crippen LogP contribution in [-0.2, 0) is 22.7 Å². The predicted molar refractivity (Wildman–Crippen MR) is 86.1 cm³/mol. The third-order valence-corrected chi connectivity index (χ3v) is 6.71. The minimum absolute atomic E-state index is 0.220. The van der Waals surface area contributed by atoms with Gasteiger partial charge in [-0.15, -0.1) is 0 Å². The number of nitrogens with one attached hydrogen (secondary N) is 1. The molecule has 1 unspecified atom stereocenters. The van der Waals surface area contributed by atoms with Gasteiger partial charge >= 0.3 is 0 Å². The van der Waals surface area contributed by atoms with Gasteiger partial charge in [-0.1, -0.05) is 30.0 Å². The summed E-state index contributed by atoms with van der Waals surface area (Å²) in [6.07, 6.45) is 3.08. The first-order valence-corrected chi connectivity index (χ1v) is 9.74. The van der Waals surface area contributed by atoms with E-state index in [0.717, 1.165) is 5.69 Å². The second-order valence-corrected chi connectivity index (χ2v) is 8.25. The number of benzene rings is 1. The van der Waals surface area contributed by atoms with Crippen molar-refractivity contribution in [3.8, 4) is 0 Å². The standard InChI is InChI=1S/C15H16N2O3S2/c1-21-15-16-13-8-7-11(9-12(13)14(18)17-15)22(19,20)10-5-3-2-4-6-10/h2-6,11H,7-9H2,1H3,(H,16,17,18). The largest absolute Gasteiger partial charge is 0.301 e. The Bertz CT molecular complexity index is 845. The maximum atomic E-state index is 12.7. The Morgan fingerprint density at radius 1 is 1.27 bits per heavy atom. The summed E-state index contributed by atoms with van der Waals surface area (Å²) in [5.74, 6) is 0. The van der Waals surface area contributed by atoms with Crippen molar-refractivity contribution in [2.45, 2.75) is 34.6 Å². The van der Waals surface area contributed by atoms with Crippen LogP contribution in [0.15, 0.2) is 45.2 Å². The molecule has 0 spiro atoms. The zero-order valence-corrected chi connectivity index (χ0v) is 13.7. The molecule has 0 amide bonds. The van der Waals surface area contributed by atoms with Crippen LogP contribution >= 0.6 is 11.8 Å². The summed E-state index contributed by atoms with van der Waals surface area (Å²) in [4.78, 5) is 19.6. The van der Waals surface area contributed by atoms with E-state index >= 15 is 0 Å². The number of hydrogen-bond donors (Lipinski definition) is 1. The number of aryl methyl sites for hydroxylation is 1. The molecule has 1 N–H and O–H groups in total. The molecule has 0 fully saturated rings. The molecule has 7 heteroatoms. The van der Waals surface area contributed by atoms with Crippen LogP contribution in [0.2, 0.25) is 0 Å². The zero-order valence-electron chi connectivity index (χ0n) is 12.1. The van der Waals surface area contributed by atoms with Gasteiger partial charge in [-0.05, 0) is 37.7 Å². The molecule has 1 heterocycles. The van der Waals surface area contributed by atoms with E-state index in [0.29, 0.717) is 28.5 Å². The van der Waals surface area contributed by atoms with Crippen molar-refractivity contribution < 1.29 is 8.42 Å². The van der Waals surface area contributed by atoms with Gasteiger partial charge in [0.2, 0.25) is 0 Å². The number of fused-ring (bicyclic) bond motifs is 1. The highest BCUT2D eigenvalue weighted by atomic mass is 32.2.